The number of hydrogen-bond acceptors (Lipinski definition) is 5. The Morgan fingerprint density at radius 1 is 1.10 bits per heavy atom. The molecule has 0 bridgehead atoms. The maximum atomic E-state index is 13.4. The van der Waals surface area contributed by atoms with Crippen LogP contribution in [0.15, 0.2) is 48.5 Å². The van der Waals surface area contributed by atoms with Gasteiger partial charge in [-0.2, -0.15) is 0 Å². The minimum atomic E-state index is -0.413. The molecule has 1 saturated heterocycles. The number of benzene rings is 2. The monoisotopic (exact) mass is 395 g/mol. The van der Waals surface area contributed by atoms with Gasteiger partial charge in [0.2, 0.25) is 0 Å². The average Bonchev–Trinajstić information content (AvgIpc) is 2.98. The zero-order valence-corrected chi connectivity index (χ0v) is 16.5. The number of rotatable bonds is 3. The van der Waals surface area contributed by atoms with E-state index in [2.05, 4.69) is 0 Å². The maximum Gasteiger partial charge on any atom is 0.337 e. The second-order valence-electron chi connectivity index (χ2n) is 7.37. The summed E-state index contributed by atoms with van der Waals surface area (Å²) in [5, 5.41) is 0. The summed E-state index contributed by atoms with van der Waals surface area (Å²) in [6, 6.07) is 14.9. The summed E-state index contributed by atoms with van der Waals surface area (Å²) < 4.78 is 16.7. The molecule has 2 aliphatic rings. The Bertz CT molecular complexity index is 876. The summed E-state index contributed by atoms with van der Waals surface area (Å²) in [5.74, 6) is 0.185. The summed E-state index contributed by atoms with van der Waals surface area (Å²) in [7, 11) is 1.35. The van der Waals surface area contributed by atoms with Gasteiger partial charge in [-0.25, -0.2) is 4.79 Å². The van der Waals surface area contributed by atoms with Gasteiger partial charge < -0.3 is 19.1 Å². The van der Waals surface area contributed by atoms with E-state index < -0.39 is 12.1 Å². The highest BCUT2D eigenvalue weighted by Gasteiger charge is 2.35. The van der Waals surface area contributed by atoms with Crippen LogP contribution in [-0.2, 0) is 20.8 Å². The zero-order valence-electron chi connectivity index (χ0n) is 16.5. The molecule has 0 spiro atoms. The summed E-state index contributed by atoms with van der Waals surface area (Å²) in [6.45, 7) is 1.32. The van der Waals surface area contributed by atoms with Gasteiger partial charge in [0, 0.05) is 12.2 Å². The first-order valence-electron chi connectivity index (χ1n) is 9.98. The molecule has 6 heteroatoms. The Morgan fingerprint density at radius 2 is 1.93 bits per heavy atom. The van der Waals surface area contributed by atoms with Crippen molar-refractivity contribution in [3.05, 3.63) is 65.2 Å². The van der Waals surface area contributed by atoms with Gasteiger partial charge >= 0.3 is 5.97 Å². The number of amides is 1. The summed E-state index contributed by atoms with van der Waals surface area (Å²) >= 11 is 0. The highest BCUT2D eigenvalue weighted by atomic mass is 16.5. The Morgan fingerprint density at radius 3 is 2.66 bits per heavy atom. The third-order valence-corrected chi connectivity index (χ3v) is 5.52. The highest BCUT2D eigenvalue weighted by molar-refractivity contribution is 5.90. The number of methoxy groups -OCH3 is 1. The highest BCUT2D eigenvalue weighted by Crippen LogP contribution is 2.34. The van der Waals surface area contributed by atoms with Crippen LogP contribution in [0.25, 0.3) is 0 Å². The van der Waals surface area contributed by atoms with Crippen LogP contribution in [0.4, 0.5) is 0 Å². The van der Waals surface area contributed by atoms with E-state index in [0.717, 1.165) is 30.4 Å². The lowest BCUT2D eigenvalue weighted by Gasteiger charge is -2.33. The number of carbonyl (C=O) groups is 2. The summed E-state index contributed by atoms with van der Waals surface area (Å²) in [4.78, 5) is 27.1. The van der Waals surface area contributed by atoms with Crippen molar-refractivity contribution in [1.29, 1.82) is 0 Å². The van der Waals surface area contributed by atoms with E-state index in [1.54, 1.807) is 12.1 Å². The number of fused-ring (bicyclic) bond motifs is 1. The van der Waals surface area contributed by atoms with Gasteiger partial charge in [0.25, 0.3) is 5.91 Å². The normalized spacial score (nSPS) is 21.5. The zero-order chi connectivity index (χ0) is 20.2. The van der Waals surface area contributed by atoms with Gasteiger partial charge in [-0.15, -0.1) is 0 Å². The Labute approximate surface area is 170 Å². The van der Waals surface area contributed by atoms with Crippen molar-refractivity contribution in [2.45, 2.75) is 38.0 Å². The largest absolute Gasteiger partial charge is 0.491 e. The first-order chi connectivity index (χ1) is 14.2. The summed E-state index contributed by atoms with van der Waals surface area (Å²) in [6.07, 6.45) is 2.32. The molecule has 4 rings (SSSR count). The topological polar surface area (TPSA) is 65.1 Å². The van der Waals surface area contributed by atoms with Gasteiger partial charge in [-0.05, 0) is 37.0 Å². The van der Waals surface area contributed by atoms with E-state index >= 15 is 0 Å². The van der Waals surface area contributed by atoms with Gasteiger partial charge in [0.15, 0.2) is 0 Å². The number of carbonyl (C=O) groups excluding carboxylic acids is 2. The van der Waals surface area contributed by atoms with E-state index in [1.807, 2.05) is 41.3 Å². The molecule has 2 aromatic carbocycles. The lowest BCUT2D eigenvalue weighted by Crippen LogP contribution is -2.44. The standard InChI is InChI=1S/C23H25NO5/c1-27-23(26)17-10-11-18-14-24(22(25)20-9-5-6-12-28-20)19(15-29-21(18)13-17)16-7-3-2-4-8-16/h2-4,7-8,10-11,13,19-20H,5-6,9,12,14-15H2,1H3/t19-,20-/m1/s1. The second-order valence-corrected chi connectivity index (χ2v) is 7.37. The molecular formula is C23H25NO5. The van der Waals surface area contributed by atoms with Gasteiger partial charge in [0.05, 0.1) is 25.3 Å². The molecular weight excluding hydrogens is 370 g/mol. The Kier molecular flexibility index (Phi) is 5.81. The van der Waals surface area contributed by atoms with Crippen LogP contribution >= 0.6 is 0 Å². The molecule has 2 aliphatic heterocycles. The van der Waals surface area contributed by atoms with Crippen molar-refractivity contribution in [2.75, 3.05) is 20.3 Å². The van der Waals surface area contributed by atoms with Crippen LogP contribution in [0.5, 0.6) is 5.75 Å². The molecule has 0 N–H and O–H groups in total. The van der Waals surface area contributed by atoms with Crippen LogP contribution in [0.3, 0.4) is 0 Å². The molecule has 0 aromatic heterocycles. The van der Waals surface area contributed by atoms with E-state index in [9.17, 15) is 9.59 Å². The van der Waals surface area contributed by atoms with Crippen LogP contribution < -0.4 is 4.74 Å². The van der Waals surface area contributed by atoms with Crippen molar-refractivity contribution in [3.63, 3.8) is 0 Å². The first-order valence-corrected chi connectivity index (χ1v) is 9.98. The third kappa shape index (κ3) is 4.12. The molecule has 2 atom stereocenters. The van der Waals surface area contributed by atoms with Crippen LogP contribution in [0.1, 0.15) is 46.8 Å². The molecule has 0 unspecified atom stereocenters. The minimum absolute atomic E-state index is 0.00736. The number of nitrogens with zero attached hydrogens (tertiary/aromatic N) is 1. The molecule has 29 heavy (non-hydrogen) atoms. The first kappa shape index (κ1) is 19.5. The fraction of sp³-hybridized carbons (Fsp3) is 0.391. The quantitative estimate of drug-likeness (QED) is 0.744. The fourth-order valence-corrected chi connectivity index (χ4v) is 3.92. The molecule has 1 fully saturated rings. The molecule has 152 valence electrons. The molecule has 0 radical (unpaired) electrons. The maximum absolute atomic E-state index is 13.4. The van der Waals surface area contributed by atoms with Crippen molar-refractivity contribution >= 4 is 11.9 Å². The Hall–Kier alpha value is -2.86. The number of hydrogen-bond donors (Lipinski definition) is 0. The van der Waals surface area contributed by atoms with Crippen molar-refractivity contribution in [2.24, 2.45) is 0 Å². The van der Waals surface area contributed by atoms with E-state index in [-0.39, 0.29) is 11.9 Å². The van der Waals surface area contributed by atoms with Crippen molar-refractivity contribution in [3.8, 4) is 5.75 Å². The molecule has 2 aromatic rings. The molecule has 0 aliphatic carbocycles. The number of esters is 1. The van der Waals surface area contributed by atoms with Crippen molar-refractivity contribution < 1.29 is 23.8 Å². The fourth-order valence-electron chi connectivity index (χ4n) is 3.92. The molecule has 1 amide bonds. The number of ether oxygens (including phenoxy) is 3. The van der Waals surface area contributed by atoms with Crippen LogP contribution in [-0.4, -0.2) is 43.2 Å². The SMILES string of the molecule is COC(=O)c1ccc2c(c1)OC[C@H](c1ccccc1)N(C(=O)[C@H]1CCCCO1)C2. The average molecular weight is 395 g/mol. The van der Waals surface area contributed by atoms with E-state index in [1.165, 1.54) is 7.11 Å². The second kappa shape index (κ2) is 8.66. The van der Waals surface area contributed by atoms with Gasteiger partial charge in [0.1, 0.15) is 18.5 Å². The molecule has 6 nitrogen and oxygen atoms in total. The minimum Gasteiger partial charge on any atom is -0.491 e. The summed E-state index contributed by atoms with van der Waals surface area (Å²) in [5.41, 5.74) is 2.30. The lowest BCUT2D eigenvalue weighted by atomic mass is 10.0. The Balaban J connectivity index is 1.68. The lowest BCUT2D eigenvalue weighted by molar-refractivity contribution is -0.150. The predicted molar refractivity (Wildman–Crippen MR) is 107 cm³/mol. The van der Waals surface area contributed by atoms with Crippen LogP contribution in [0, 0.1) is 0 Å². The molecule has 2 heterocycles. The van der Waals surface area contributed by atoms with Gasteiger partial charge in [-0.1, -0.05) is 36.4 Å². The van der Waals surface area contributed by atoms with E-state index in [4.69, 9.17) is 14.2 Å². The third-order valence-electron chi connectivity index (χ3n) is 5.52. The smallest absolute Gasteiger partial charge is 0.337 e. The van der Waals surface area contributed by atoms with Crippen LogP contribution in [0.2, 0.25) is 0 Å². The van der Waals surface area contributed by atoms with Gasteiger partial charge in [-0.3, -0.25) is 4.79 Å². The predicted octanol–water partition coefficient (Wildman–Crippen LogP) is 3.50. The van der Waals surface area contributed by atoms with Crippen molar-refractivity contribution in [1.82, 2.24) is 4.90 Å². The molecule has 0 saturated carbocycles. The van der Waals surface area contributed by atoms with E-state index in [0.29, 0.717) is 31.1 Å².